The standard InChI is InChI=1S/C26H26FN5O2/c1-4-31(5-2)25(34)17-6-11-20(12-7-17)29-24(33)18-8-15-22-23(16-18)32(26(28-3)30-22)21-13-9-19(27)10-14-21/h6-16H,4-5H2,1-3H3,(H,28,30)(H,29,33). The number of nitrogens with zero attached hydrogens (tertiary/aromatic N) is 3. The Bertz CT molecular complexity index is 1330. The molecule has 4 aromatic rings. The Morgan fingerprint density at radius 2 is 1.59 bits per heavy atom. The number of carbonyl (C=O) groups is 2. The number of carbonyl (C=O) groups excluding carboxylic acids is 2. The number of anilines is 2. The lowest BCUT2D eigenvalue weighted by Crippen LogP contribution is -2.30. The Morgan fingerprint density at radius 3 is 2.21 bits per heavy atom. The maximum absolute atomic E-state index is 13.4. The normalized spacial score (nSPS) is 10.8. The van der Waals surface area contributed by atoms with E-state index in [2.05, 4.69) is 15.6 Å². The van der Waals surface area contributed by atoms with Crippen molar-refractivity contribution in [3.63, 3.8) is 0 Å². The van der Waals surface area contributed by atoms with Crippen molar-refractivity contribution in [1.82, 2.24) is 14.5 Å². The minimum atomic E-state index is -0.330. The van der Waals surface area contributed by atoms with Crippen LogP contribution in [0.15, 0.2) is 66.7 Å². The maximum atomic E-state index is 13.4. The molecule has 0 spiro atoms. The van der Waals surface area contributed by atoms with Gasteiger partial charge in [0.15, 0.2) is 0 Å². The first-order valence-corrected chi connectivity index (χ1v) is 11.1. The van der Waals surface area contributed by atoms with Crippen LogP contribution in [0.3, 0.4) is 0 Å². The first kappa shape index (κ1) is 23.0. The number of aromatic nitrogens is 2. The Balaban J connectivity index is 1.60. The molecule has 3 aromatic carbocycles. The van der Waals surface area contributed by atoms with E-state index in [-0.39, 0.29) is 17.6 Å². The molecular formula is C26H26FN5O2. The Labute approximate surface area is 197 Å². The second-order valence-electron chi connectivity index (χ2n) is 7.71. The summed E-state index contributed by atoms with van der Waals surface area (Å²) in [6.45, 7) is 5.16. The highest BCUT2D eigenvalue weighted by Crippen LogP contribution is 2.26. The third-order valence-electron chi connectivity index (χ3n) is 5.67. The van der Waals surface area contributed by atoms with Gasteiger partial charge >= 0.3 is 0 Å². The van der Waals surface area contributed by atoms with Crippen molar-refractivity contribution in [1.29, 1.82) is 0 Å². The van der Waals surface area contributed by atoms with Gasteiger partial charge in [0, 0.05) is 42.6 Å². The number of fused-ring (bicyclic) bond motifs is 1. The van der Waals surface area contributed by atoms with Gasteiger partial charge < -0.3 is 15.5 Å². The van der Waals surface area contributed by atoms with Crippen molar-refractivity contribution >= 4 is 34.5 Å². The molecule has 2 N–H and O–H groups in total. The summed E-state index contributed by atoms with van der Waals surface area (Å²) < 4.78 is 15.3. The lowest BCUT2D eigenvalue weighted by molar-refractivity contribution is 0.0773. The smallest absolute Gasteiger partial charge is 0.255 e. The average molecular weight is 460 g/mol. The summed E-state index contributed by atoms with van der Waals surface area (Å²) >= 11 is 0. The van der Waals surface area contributed by atoms with E-state index in [0.29, 0.717) is 46.9 Å². The van der Waals surface area contributed by atoms with Crippen molar-refractivity contribution < 1.29 is 14.0 Å². The molecule has 8 heteroatoms. The van der Waals surface area contributed by atoms with Crippen LogP contribution in [0.4, 0.5) is 16.0 Å². The molecule has 1 aromatic heterocycles. The first-order chi connectivity index (χ1) is 16.4. The highest BCUT2D eigenvalue weighted by molar-refractivity contribution is 6.06. The van der Waals surface area contributed by atoms with E-state index in [4.69, 9.17) is 0 Å². The molecule has 0 aliphatic heterocycles. The van der Waals surface area contributed by atoms with Crippen molar-refractivity contribution in [3.8, 4) is 5.69 Å². The van der Waals surface area contributed by atoms with Crippen molar-refractivity contribution in [2.45, 2.75) is 13.8 Å². The van der Waals surface area contributed by atoms with Crippen LogP contribution < -0.4 is 10.6 Å². The van der Waals surface area contributed by atoms with Gasteiger partial charge in [-0.25, -0.2) is 9.37 Å². The molecule has 0 bridgehead atoms. The summed E-state index contributed by atoms with van der Waals surface area (Å²) in [6.07, 6.45) is 0. The van der Waals surface area contributed by atoms with Crippen LogP contribution in [0, 0.1) is 5.82 Å². The highest BCUT2D eigenvalue weighted by Gasteiger charge is 2.16. The van der Waals surface area contributed by atoms with E-state index in [1.165, 1.54) is 12.1 Å². The molecule has 0 saturated carbocycles. The monoisotopic (exact) mass is 459 g/mol. The lowest BCUT2D eigenvalue weighted by atomic mass is 10.1. The highest BCUT2D eigenvalue weighted by atomic mass is 19.1. The van der Waals surface area contributed by atoms with Gasteiger partial charge in [0.1, 0.15) is 5.82 Å². The van der Waals surface area contributed by atoms with Crippen LogP contribution in [-0.4, -0.2) is 46.4 Å². The predicted octanol–water partition coefficient (Wildman–Crippen LogP) is 4.94. The summed E-state index contributed by atoms with van der Waals surface area (Å²) in [5.74, 6) is -0.0815. The second kappa shape index (κ2) is 9.74. The molecule has 0 aliphatic carbocycles. The Kier molecular flexibility index (Phi) is 6.58. The van der Waals surface area contributed by atoms with Crippen LogP contribution >= 0.6 is 0 Å². The zero-order valence-electron chi connectivity index (χ0n) is 19.3. The minimum Gasteiger partial charge on any atom is -0.358 e. The fourth-order valence-electron chi connectivity index (χ4n) is 3.83. The Morgan fingerprint density at radius 1 is 0.941 bits per heavy atom. The molecule has 0 fully saturated rings. The number of imidazole rings is 1. The predicted molar refractivity (Wildman–Crippen MR) is 132 cm³/mol. The molecule has 0 unspecified atom stereocenters. The Hall–Kier alpha value is -4.20. The molecule has 174 valence electrons. The van der Waals surface area contributed by atoms with Crippen molar-refractivity contribution in [2.24, 2.45) is 0 Å². The van der Waals surface area contributed by atoms with E-state index in [1.54, 1.807) is 66.5 Å². The molecule has 0 saturated heterocycles. The van der Waals surface area contributed by atoms with Gasteiger partial charge in [-0.1, -0.05) is 0 Å². The molecule has 1 heterocycles. The molecule has 2 amide bonds. The van der Waals surface area contributed by atoms with Crippen molar-refractivity contribution in [3.05, 3.63) is 83.7 Å². The van der Waals surface area contributed by atoms with Crippen LogP contribution in [0.5, 0.6) is 0 Å². The van der Waals surface area contributed by atoms with Crippen LogP contribution in [-0.2, 0) is 0 Å². The molecule has 4 rings (SSSR count). The minimum absolute atomic E-state index is 0.0391. The first-order valence-electron chi connectivity index (χ1n) is 11.1. The molecule has 0 atom stereocenters. The molecule has 0 radical (unpaired) electrons. The summed E-state index contributed by atoms with van der Waals surface area (Å²) in [5, 5.41) is 5.92. The van der Waals surface area contributed by atoms with Crippen LogP contribution in [0.1, 0.15) is 34.6 Å². The summed E-state index contributed by atoms with van der Waals surface area (Å²) in [5.41, 5.74) is 3.74. The third-order valence-corrected chi connectivity index (χ3v) is 5.67. The lowest BCUT2D eigenvalue weighted by Gasteiger charge is -2.18. The van der Waals surface area contributed by atoms with Gasteiger partial charge in [-0.05, 0) is 80.6 Å². The van der Waals surface area contributed by atoms with Gasteiger partial charge in [-0.2, -0.15) is 0 Å². The van der Waals surface area contributed by atoms with E-state index in [1.807, 2.05) is 18.4 Å². The number of benzene rings is 3. The third kappa shape index (κ3) is 4.47. The van der Waals surface area contributed by atoms with Crippen LogP contribution in [0.2, 0.25) is 0 Å². The van der Waals surface area contributed by atoms with Gasteiger partial charge in [-0.15, -0.1) is 0 Å². The summed E-state index contributed by atoms with van der Waals surface area (Å²) in [4.78, 5) is 31.8. The molecule has 34 heavy (non-hydrogen) atoms. The SMILES string of the molecule is CCN(CC)C(=O)c1ccc(NC(=O)c2ccc3nc(NC)n(-c4ccc(F)cc4)c3c2)cc1. The number of halogens is 1. The van der Waals surface area contributed by atoms with E-state index >= 15 is 0 Å². The number of nitrogens with one attached hydrogen (secondary N) is 2. The quantitative estimate of drug-likeness (QED) is 0.410. The largest absolute Gasteiger partial charge is 0.358 e. The number of hydrogen-bond donors (Lipinski definition) is 2. The van der Waals surface area contributed by atoms with E-state index in [0.717, 1.165) is 5.69 Å². The maximum Gasteiger partial charge on any atom is 0.255 e. The summed E-state index contributed by atoms with van der Waals surface area (Å²) in [7, 11) is 1.75. The summed E-state index contributed by atoms with van der Waals surface area (Å²) in [6, 6.07) is 18.2. The molecule has 0 aliphatic rings. The van der Waals surface area contributed by atoms with Gasteiger partial charge in [0.25, 0.3) is 11.8 Å². The zero-order chi connectivity index (χ0) is 24.2. The van der Waals surface area contributed by atoms with Crippen molar-refractivity contribution in [2.75, 3.05) is 30.8 Å². The van der Waals surface area contributed by atoms with Gasteiger partial charge in [0.05, 0.1) is 11.0 Å². The molecule has 7 nitrogen and oxygen atoms in total. The number of hydrogen-bond acceptors (Lipinski definition) is 4. The fraction of sp³-hybridized carbons (Fsp3) is 0.192. The number of amides is 2. The fourth-order valence-corrected chi connectivity index (χ4v) is 3.83. The van der Waals surface area contributed by atoms with Crippen LogP contribution in [0.25, 0.3) is 16.7 Å². The zero-order valence-corrected chi connectivity index (χ0v) is 19.3. The molecular weight excluding hydrogens is 433 g/mol. The number of rotatable bonds is 7. The van der Waals surface area contributed by atoms with Gasteiger partial charge in [-0.3, -0.25) is 14.2 Å². The van der Waals surface area contributed by atoms with E-state index < -0.39 is 0 Å². The second-order valence-corrected chi connectivity index (χ2v) is 7.71. The van der Waals surface area contributed by atoms with Gasteiger partial charge in [0.2, 0.25) is 5.95 Å². The topological polar surface area (TPSA) is 79.3 Å². The van der Waals surface area contributed by atoms with E-state index in [9.17, 15) is 14.0 Å². The average Bonchev–Trinajstić information content (AvgIpc) is 3.23.